The summed E-state index contributed by atoms with van der Waals surface area (Å²) in [5.74, 6) is 0. The van der Waals surface area contributed by atoms with Crippen molar-refractivity contribution in [2.75, 3.05) is 5.32 Å². The van der Waals surface area contributed by atoms with Crippen LogP contribution in [0.15, 0.2) is 24.5 Å². The molecule has 0 saturated heterocycles. The number of rotatable bonds is 2. The van der Waals surface area contributed by atoms with Crippen molar-refractivity contribution >= 4 is 11.8 Å². The van der Waals surface area contributed by atoms with Gasteiger partial charge in [0.1, 0.15) is 5.60 Å². The molecular weight excluding hydrogens is 325 g/mol. The molecule has 0 fully saturated rings. The first-order chi connectivity index (χ1) is 11.0. The summed E-state index contributed by atoms with van der Waals surface area (Å²) in [6.45, 7) is 6.54. The van der Waals surface area contributed by atoms with Crippen LogP contribution in [0.5, 0.6) is 0 Å². The number of hydrogen-bond donors (Lipinski definition) is 1. The molecule has 130 valence electrons. The first-order valence-electron chi connectivity index (χ1n) is 7.05. The molecule has 6 nitrogen and oxygen atoms in total. The van der Waals surface area contributed by atoms with Crippen LogP contribution in [0.3, 0.4) is 0 Å². The summed E-state index contributed by atoms with van der Waals surface area (Å²) in [7, 11) is 0. The fourth-order valence-electron chi connectivity index (χ4n) is 1.91. The number of aryl methyl sites for hydroxylation is 1. The fraction of sp³-hybridized carbons (Fsp3) is 0.400. The molecule has 0 aromatic carbocycles. The van der Waals surface area contributed by atoms with Gasteiger partial charge in [-0.15, -0.1) is 0 Å². The predicted octanol–water partition coefficient (Wildman–Crippen LogP) is 3.94. The highest BCUT2D eigenvalue weighted by molar-refractivity contribution is 5.85. The smallest absolute Gasteiger partial charge is 0.435 e. The zero-order valence-electron chi connectivity index (χ0n) is 13.6. The lowest BCUT2D eigenvalue weighted by Crippen LogP contribution is -2.28. The lowest BCUT2D eigenvalue weighted by molar-refractivity contribution is -0.142. The predicted molar refractivity (Wildman–Crippen MR) is 81.0 cm³/mol. The van der Waals surface area contributed by atoms with Crippen molar-refractivity contribution in [3.8, 4) is 5.69 Å². The van der Waals surface area contributed by atoms with Gasteiger partial charge in [0, 0.05) is 5.69 Å². The van der Waals surface area contributed by atoms with E-state index in [1.807, 2.05) is 0 Å². The molecule has 9 heteroatoms. The Labute approximate surface area is 136 Å². The average molecular weight is 342 g/mol. The van der Waals surface area contributed by atoms with Gasteiger partial charge >= 0.3 is 12.3 Å². The van der Waals surface area contributed by atoms with E-state index in [1.165, 1.54) is 12.3 Å². The van der Waals surface area contributed by atoms with Crippen LogP contribution >= 0.6 is 0 Å². The van der Waals surface area contributed by atoms with E-state index in [0.717, 1.165) is 6.20 Å². The van der Waals surface area contributed by atoms with E-state index in [1.54, 1.807) is 33.8 Å². The summed E-state index contributed by atoms with van der Waals surface area (Å²) in [6, 6.07) is 3.03. The first kappa shape index (κ1) is 17.8. The molecule has 24 heavy (non-hydrogen) atoms. The largest absolute Gasteiger partial charge is 0.444 e. The number of hydrogen-bond acceptors (Lipinski definition) is 4. The van der Waals surface area contributed by atoms with Crippen molar-refractivity contribution in [1.29, 1.82) is 0 Å². The molecule has 1 amide bonds. The van der Waals surface area contributed by atoms with Crippen molar-refractivity contribution in [2.45, 2.75) is 39.5 Å². The van der Waals surface area contributed by atoms with E-state index in [2.05, 4.69) is 15.4 Å². The summed E-state index contributed by atoms with van der Waals surface area (Å²) in [4.78, 5) is 15.7. The number of pyridine rings is 1. The molecule has 0 saturated carbocycles. The third kappa shape index (κ3) is 4.24. The molecule has 0 radical (unpaired) electrons. The van der Waals surface area contributed by atoms with Gasteiger partial charge in [0.2, 0.25) is 0 Å². The highest BCUT2D eigenvalue weighted by atomic mass is 19.4. The highest BCUT2D eigenvalue weighted by Gasteiger charge is 2.39. The van der Waals surface area contributed by atoms with Crippen LogP contribution in [-0.4, -0.2) is 26.5 Å². The molecule has 2 aromatic heterocycles. The molecule has 0 atom stereocenters. The van der Waals surface area contributed by atoms with E-state index in [-0.39, 0.29) is 5.69 Å². The Morgan fingerprint density at radius 1 is 1.21 bits per heavy atom. The maximum Gasteiger partial charge on any atom is 0.435 e. The van der Waals surface area contributed by atoms with Gasteiger partial charge in [-0.3, -0.25) is 10.3 Å². The SMILES string of the molecule is Cc1ccc(-n2ncc(NC(=O)OC(C)(C)C)c2C(F)(F)F)cn1. The Hall–Kier alpha value is -2.58. The second-order valence-electron chi connectivity index (χ2n) is 6.10. The third-order valence-corrected chi connectivity index (χ3v) is 2.81. The summed E-state index contributed by atoms with van der Waals surface area (Å²) in [6.07, 6.45) is -3.53. The Kier molecular flexibility index (Phi) is 4.54. The van der Waals surface area contributed by atoms with Crippen LogP contribution in [-0.2, 0) is 10.9 Å². The lowest BCUT2D eigenvalue weighted by Gasteiger charge is -2.20. The van der Waals surface area contributed by atoms with Crippen LogP contribution in [0, 0.1) is 6.92 Å². The molecule has 2 rings (SSSR count). The summed E-state index contributed by atoms with van der Waals surface area (Å²) in [5, 5.41) is 5.81. The van der Waals surface area contributed by atoms with Gasteiger partial charge in [0.05, 0.1) is 23.8 Å². The number of amides is 1. The zero-order valence-corrected chi connectivity index (χ0v) is 13.6. The first-order valence-corrected chi connectivity index (χ1v) is 7.05. The Balaban J connectivity index is 2.40. The molecule has 2 aromatic rings. The molecule has 0 spiro atoms. The lowest BCUT2D eigenvalue weighted by atomic mass is 10.2. The summed E-state index contributed by atoms with van der Waals surface area (Å²) in [5.41, 5.74) is -1.65. The van der Waals surface area contributed by atoms with Crippen LogP contribution in [0.25, 0.3) is 5.69 Å². The molecule has 1 N–H and O–H groups in total. The fourth-order valence-corrected chi connectivity index (χ4v) is 1.91. The Morgan fingerprint density at radius 2 is 1.88 bits per heavy atom. The maximum atomic E-state index is 13.4. The molecule has 0 bridgehead atoms. The summed E-state index contributed by atoms with van der Waals surface area (Å²) < 4.78 is 45.9. The van der Waals surface area contributed by atoms with Gasteiger partial charge in [-0.2, -0.15) is 18.3 Å². The van der Waals surface area contributed by atoms with E-state index >= 15 is 0 Å². The van der Waals surface area contributed by atoms with Crippen molar-refractivity contribution < 1.29 is 22.7 Å². The van der Waals surface area contributed by atoms with Gasteiger partial charge < -0.3 is 4.74 Å². The van der Waals surface area contributed by atoms with Crippen molar-refractivity contribution in [3.63, 3.8) is 0 Å². The monoisotopic (exact) mass is 342 g/mol. The number of anilines is 1. The maximum absolute atomic E-state index is 13.4. The third-order valence-electron chi connectivity index (χ3n) is 2.81. The number of nitrogens with one attached hydrogen (secondary N) is 1. The Bertz CT molecular complexity index is 731. The number of carbonyl (C=O) groups excluding carboxylic acids is 1. The minimum absolute atomic E-state index is 0.130. The highest BCUT2D eigenvalue weighted by Crippen LogP contribution is 2.36. The van der Waals surface area contributed by atoms with E-state index in [4.69, 9.17) is 4.74 Å². The van der Waals surface area contributed by atoms with E-state index in [9.17, 15) is 18.0 Å². The summed E-state index contributed by atoms with van der Waals surface area (Å²) >= 11 is 0. The second-order valence-corrected chi connectivity index (χ2v) is 6.10. The number of halogens is 3. The van der Waals surface area contributed by atoms with E-state index in [0.29, 0.717) is 10.4 Å². The molecular formula is C15H17F3N4O2. The molecule has 0 aliphatic rings. The van der Waals surface area contributed by atoms with Crippen LogP contribution in [0.1, 0.15) is 32.2 Å². The van der Waals surface area contributed by atoms with Crippen molar-refractivity contribution in [2.24, 2.45) is 0 Å². The molecule has 2 heterocycles. The number of carbonyl (C=O) groups is 1. The Morgan fingerprint density at radius 3 is 2.38 bits per heavy atom. The average Bonchev–Trinajstić information content (AvgIpc) is 2.80. The number of nitrogens with zero attached hydrogens (tertiary/aromatic N) is 3. The van der Waals surface area contributed by atoms with Gasteiger partial charge in [-0.25, -0.2) is 9.48 Å². The minimum Gasteiger partial charge on any atom is -0.444 e. The van der Waals surface area contributed by atoms with Crippen LogP contribution < -0.4 is 5.32 Å². The van der Waals surface area contributed by atoms with Gasteiger partial charge in [0.15, 0.2) is 5.69 Å². The number of alkyl halides is 3. The standard InChI is InChI=1S/C15H17F3N4O2/c1-9-5-6-10(7-19-9)22-12(15(16,17)18)11(8-20-22)21-13(23)24-14(2,3)4/h5-8H,1-4H3,(H,21,23). The molecule has 0 aliphatic carbocycles. The van der Waals surface area contributed by atoms with Crippen LogP contribution in [0.2, 0.25) is 0 Å². The van der Waals surface area contributed by atoms with Gasteiger partial charge in [-0.1, -0.05) is 0 Å². The minimum atomic E-state index is -4.73. The quantitative estimate of drug-likeness (QED) is 0.897. The van der Waals surface area contributed by atoms with Gasteiger partial charge in [-0.05, 0) is 39.8 Å². The molecule has 0 aliphatic heterocycles. The molecule has 0 unspecified atom stereocenters. The van der Waals surface area contributed by atoms with Crippen LogP contribution in [0.4, 0.5) is 23.7 Å². The topological polar surface area (TPSA) is 69.0 Å². The second kappa shape index (κ2) is 6.14. The van der Waals surface area contributed by atoms with Crippen molar-refractivity contribution in [1.82, 2.24) is 14.8 Å². The number of ether oxygens (including phenoxy) is 1. The zero-order chi connectivity index (χ0) is 18.1. The van der Waals surface area contributed by atoms with Gasteiger partial charge in [0.25, 0.3) is 0 Å². The number of aromatic nitrogens is 3. The van der Waals surface area contributed by atoms with E-state index < -0.39 is 29.3 Å². The van der Waals surface area contributed by atoms with Crippen molar-refractivity contribution in [3.05, 3.63) is 35.9 Å². The normalized spacial score (nSPS) is 12.1.